The Bertz CT molecular complexity index is 395. The fraction of sp³-hybridized carbons (Fsp3) is 0.692. The van der Waals surface area contributed by atoms with E-state index >= 15 is 0 Å². The van der Waals surface area contributed by atoms with E-state index in [9.17, 15) is 0 Å². The van der Waals surface area contributed by atoms with Gasteiger partial charge in [-0.1, -0.05) is 0 Å². The minimum atomic E-state index is 0.172. The van der Waals surface area contributed by atoms with Crippen LogP contribution in [0.2, 0.25) is 0 Å². The van der Waals surface area contributed by atoms with E-state index < -0.39 is 0 Å². The number of hydrogen-bond donors (Lipinski definition) is 1. The molecule has 1 aromatic heterocycles. The van der Waals surface area contributed by atoms with Crippen molar-refractivity contribution in [3.63, 3.8) is 0 Å². The first-order valence-electron chi connectivity index (χ1n) is 6.58. The molecule has 2 rings (SSSR count). The second kappa shape index (κ2) is 6.72. The molecule has 1 atom stereocenters. The second-order valence-corrected chi connectivity index (χ2v) is 6.83. The van der Waals surface area contributed by atoms with Crippen LogP contribution < -0.4 is 5.73 Å². The lowest BCUT2D eigenvalue weighted by Crippen LogP contribution is -2.44. The Morgan fingerprint density at radius 3 is 2.47 bits per heavy atom. The summed E-state index contributed by atoms with van der Waals surface area (Å²) in [6.45, 7) is 2.72. The van der Waals surface area contributed by atoms with E-state index in [2.05, 4.69) is 55.8 Å². The first-order chi connectivity index (χ1) is 9.02. The highest BCUT2D eigenvalue weighted by molar-refractivity contribution is 9.13. The zero-order valence-electron chi connectivity index (χ0n) is 11.4. The molecule has 19 heavy (non-hydrogen) atoms. The highest BCUT2D eigenvalue weighted by Crippen LogP contribution is 2.33. The first kappa shape index (κ1) is 15.5. The summed E-state index contributed by atoms with van der Waals surface area (Å²) in [4.78, 5) is 4.74. The SMILES string of the molecule is CN(C)C1CCN(C(CN)c2cc(Br)c(Br)o2)CC1. The molecular formula is C13H21Br2N3O. The van der Waals surface area contributed by atoms with Crippen LogP contribution in [0.1, 0.15) is 24.6 Å². The van der Waals surface area contributed by atoms with Crippen LogP contribution in [0, 0.1) is 0 Å². The predicted octanol–water partition coefficient (Wildman–Crippen LogP) is 2.83. The number of furan rings is 1. The van der Waals surface area contributed by atoms with Crippen LogP contribution in [0.3, 0.4) is 0 Å². The Kier molecular flexibility index (Phi) is 5.48. The molecule has 0 spiro atoms. The van der Waals surface area contributed by atoms with Gasteiger partial charge in [-0.25, -0.2) is 0 Å². The van der Waals surface area contributed by atoms with Crippen molar-refractivity contribution >= 4 is 31.9 Å². The summed E-state index contributed by atoms with van der Waals surface area (Å²) in [6, 6.07) is 2.87. The van der Waals surface area contributed by atoms with Gasteiger partial charge in [-0.05, 0) is 64.9 Å². The van der Waals surface area contributed by atoms with E-state index in [0.29, 0.717) is 12.6 Å². The van der Waals surface area contributed by atoms with Gasteiger partial charge in [0, 0.05) is 25.7 Å². The van der Waals surface area contributed by atoms with Gasteiger partial charge in [-0.3, -0.25) is 4.90 Å². The van der Waals surface area contributed by atoms with Crippen molar-refractivity contribution < 1.29 is 4.42 Å². The zero-order chi connectivity index (χ0) is 14.0. The third kappa shape index (κ3) is 3.61. The van der Waals surface area contributed by atoms with Crippen molar-refractivity contribution in [2.75, 3.05) is 33.7 Å². The van der Waals surface area contributed by atoms with Crippen LogP contribution in [0.5, 0.6) is 0 Å². The topological polar surface area (TPSA) is 45.6 Å². The van der Waals surface area contributed by atoms with Crippen LogP contribution in [0.4, 0.5) is 0 Å². The number of halogens is 2. The van der Waals surface area contributed by atoms with Crippen LogP contribution in [-0.2, 0) is 0 Å². The molecule has 1 fully saturated rings. The molecule has 2 N–H and O–H groups in total. The number of piperidine rings is 1. The van der Waals surface area contributed by atoms with Crippen molar-refractivity contribution in [1.82, 2.24) is 9.80 Å². The van der Waals surface area contributed by atoms with E-state index in [0.717, 1.165) is 28.0 Å². The molecule has 1 unspecified atom stereocenters. The summed E-state index contributed by atoms with van der Waals surface area (Å²) in [5.74, 6) is 0.935. The van der Waals surface area contributed by atoms with Crippen molar-refractivity contribution in [2.24, 2.45) is 5.73 Å². The maximum atomic E-state index is 5.95. The van der Waals surface area contributed by atoms with Crippen molar-refractivity contribution in [3.05, 3.63) is 21.0 Å². The Morgan fingerprint density at radius 1 is 1.42 bits per heavy atom. The molecule has 1 aliphatic rings. The van der Waals surface area contributed by atoms with Gasteiger partial charge in [0.2, 0.25) is 0 Å². The van der Waals surface area contributed by atoms with Crippen molar-refractivity contribution in [1.29, 1.82) is 0 Å². The fourth-order valence-electron chi connectivity index (χ4n) is 2.69. The second-order valence-electron chi connectivity index (χ2n) is 5.25. The third-order valence-electron chi connectivity index (χ3n) is 3.89. The number of rotatable bonds is 4. The Labute approximate surface area is 131 Å². The minimum absolute atomic E-state index is 0.172. The lowest BCUT2D eigenvalue weighted by molar-refractivity contribution is 0.101. The molecule has 1 saturated heterocycles. The number of nitrogens with zero attached hydrogens (tertiary/aromatic N) is 2. The fourth-order valence-corrected chi connectivity index (χ4v) is 3.29. The Hall–Kier alpha value is 0.120. The molecule has 0 bridgehead atoms. The summed E-state index contributed by atoms with van der Waals surface area (Å²) < 4.78 is 7.42. The summed E-state index contributed by atoms with van der Waals surface area (Å²) in [6.07, 6.45) is 2.37. The molecule has 0 saturated carbocycles. The van der Waals surface area contributed by atoms with E-state index in [1.807, 2.05) is 6.07 Å². The van der Waals surface area contributed by atoms with Gasteiger partial charge in [-0.15, -0.1) is 0 Å². The molecule has 0 amide bonds. The number of likely N-dealkylation sites (tertiary alicyclic amines) is 1. The molecule has 2 heterocycles. The lowest BCUT2D eigenvalue weighted by atomic mass is 10.0. The molecule has 6 heteroatoms. The quantitative estimate of drug-likeness (QED) is 0.852. The predicted molar refractivity (Wildman–Crippen MR) is 84.2 cm³/mol. The highest BCUT2D eigenvalue weighted by atomic mass is 79.9. The summed E-state index contributed by atoms with van der Waals surface area (Å²) in [7, 11) is 4.31. The van der Waals surface area contributed by atoms with Crippen LogP contribution in [-0.4, -0.2) is 49.6 Å². The van der Waals surface area contributed by atoms with Gasteiger partial charge >= 0.3 is 0 Å². The van der Waals surface area contributed by atoms with E-state index in [4.69, 9.17) is 10.2 Å². The number of hydrogen-bond acceptors (Lipinski definition) is 4. The maximum absolute atomic E-state index is 5.95. The smallest absolute Gasteiger partial charge is 0.183 e. The van der Waals surface area contributed by atoms with Gasteiger partial charge in [0.15, 0.2) is 4.67 Å². The molecule has 0 aromatic carbocycles. The highest BCUT2D eigenvalue weighted by Gasteiger charge is 2.28. The molecule has 1 aromatic rings. The largest absolute Gasteiger partial charge is 0.451 e. The van der Waals surface area contributed by atoms with Crippen LogP contribution in [0.25, 0.3) is 0 Å². The van der Waals surface area contributed by atoms with Crippen LogP contribution in [0.15, 0.2) is 19.6 Å². The maximum Gasteiger partial charge on any atom is 0.183 e. The lowest BCUT2D eigenvalue weighted by Gasteiger charge is -2.38. The molecule has 1 aliphatic heterocycles. The first-order valence-corrected chi connectivity index (χ1v) is 8.16. The monoisotopic (exact) mass is 393 g/mol. The third-order valence-corrected chi connectivity index (χ3v) is 5.60. The standard InChI is InChI=1S/C13H21Br2N3O/c1-17(2)9-3-5-18(6-4-9)11(8-16)12-7-10(14)13(15)19-12/h7,9,11H,3-6,8,16H2,1-2H3. The summed E-state index contributed by atoms with van der Waals surface area (Å²) >= 11 is 6.85. The van der Waals surface area contributed by atoms with E-state index in [1.54, 1.807) is 0 Å². The normalized spacial score (nSPS) is 20.1. The van der Waals surface area contributed by atoms with Gasteiger partial charge in [0.05, 0.1) is 10.5 Å². The average molecular weight is 395 g/mol. The van der Waals surface area contributed by atoms with Crippen LogP contribution >= 0.6 is 31.9 Å². The molecular weight excluding hydrogens is 374 g/mol. The Morgan fingerprint density at radius 2 is 2.05 bits per heavy atom. The van der Waals surface area contributed by atoms with E-state index in [1.165, 1.54) is 12.8 Å². The number of nitrogens with two attached hydrogens (primary N) is 1. The zero-order valence-corrected chi connectivity index (χ0v) is 14.6. The van der Waals surface area contributed by atoms with E-state index in [-0.39, 0.29) is 6.04 Å². The summed E-state index contributed by atoms with van der Waals surface area (Å²) in [5.41, 5.74) is 5.95. The Balaban J connectivity index is 2.03. The van der Waals surface area contributed by atoms with Gasteiger partial charge in [0.1, 0.15) is 5.76 Å². The minimum Gasteiger partial charge on any atom is -0.451 e. The molecule has 0 radical (unpaired) electrons. The van der Waals surface area contributed by atoms with Crippen molar-refractivity contribution in [2.45, 2.75) is 24.9 Å². The van der Waals surface area contributed by atoms with Gasteiger partial charge in [0.25, 0.3) is 0 Å². The van der Waals surface area contributed by atoms with Crippen molar-refractivity contribution in [3.8, 4) is 0 Å². The average Bonchev–Trinajstić information content (AvgIpc) is 2.71. The van der Waals surface area contributed by atoms with Gasteiger partial charge < -0.3 is 15.1 Å². The molecule has 0 aliphatic carbocycles. The van der Waals surface area contributed by atoms with Gasteiger partial charge in [-0.2, -0.15) is 0 Å². The summed E-state index contributed by atoms with van der Waals surface area (Å²) in [5, 5.41) is 0. The molecule has 108 valence electrons. The molecule has 4 nitrogen and oxygen atoms in total.